The molecule has 2 N–H and O–H groups in total. The van der Waals surface area contributed by atoms with Gasteiger partial charge in [-0.15, -0.1) is 0 Å². The van der Waals surface area contributed by atoms with Crippen LogP contribution in [0.5, 0.6) is 0 Å². The molecular formula is C19H22N2O. The number of anilines is 1. The Bertz CT molecular complexity index is 639. The second kappa shape index (κ2) is 6.65. The maximum Gasteiger partial charge on any atom is 0.254 e. The largest absolute Gasteiger partial charge is 0.399 e. The summed E-state index contributed by atoms with van der Waals surface area (Å²) in [5.41, 5.74) is 8.48. The molecule has 1 heterocycles. The minimum Gasteiger partial charge on any atom is -0.399 e. The third kappa shape index (κ3) is 3.30. The van der Waals surface area contributed by atoms with Crippen LogP contribution >= 0.6 is 0 Å². The van der Waals surface area contributed by atoms with Crippen molar-refractivity contribution in [3.63, 3.8) is 0 Å². The number of nitrogen functional groups attached to an aromatic ring is 1. The van der Waals surface area contributed by atoms with Crippen LogP contribution in [0.4, 0.5) is 5.69 Å². The Hall–Kier alpha value is -2.29. The summed E-state index contributed by atoms with van der Waals surface area (Å²) in [6.07, 6.45) is 4.23. The average molecular weight is 294 g/mol. The molecule has 3 nitrogen and oxygen atoms in total. The molecule has 0 bridgehead atoms. The van der Waals surface area contributed by atoms with Crippen molar-refractivity contribution < 1.29 is 4.79 Å². The second-order valence-electron chi connectivity index (χ2n) is 5.94. The molecule has 1 aliphatic heterocycles. The Labute approximate surface area is 131 Å². The molecule has 3 heteroatoms. The van der Waals surface area contributed by atoms with Crippen LogP contribution in [0.25, 0.3) is 0 Å². The molecule has 0 spiro atoms. The van der Waals surface area contributed by atoms with E-state index in [2.05, 4.69) is 24.3 Å². The lowest BCUT2D eigenvalue weighted by Crippen LogP contribution is -2.35. The van der Waals surface area contributed by atoms with E-state index in [0.717, 1.165) is 32.2 Å². The fourth-order valence-electron chi connectivity index (χ4n) is 3.22. The van der Waals surface area contributed by atoms with Gasteiger partial charge in [-0.05, 0) is 49.4 Å². The van der Waals surface area contributed by atoms with Gasteiger partial charge < -0.3 is 10.6 Å². The van der Waals surface area contributed by atoms with E-state index in [4.69, 9.17) is 5.73 Å². The zero-order chi connectivity index (χ0) is 15.4. The topological polar surface area (TPSA) is 46.3 Å². The summed E-state index contributed by atoms with van der Waals surface area (Å²) in [6, 6.07) is 18.1. The first kappa shape index (κ1) is 14.6. The number of rotatable bonds is 4. The van der Waals surface area contributed by atoms with Crippen molar-refractivity contribution in [3.8, 4) is 0 Å². The Morgan fingerprint density at radius 3 is 2.73 bits per heavy atom. The smallest absolute Gasteiger partial charge is 0.254 e. The van der Waals surface area contributed by atoms with E-state index in [9.17, 15) is 4.79 Å². The lowest BCUT2D eigenvalue weighted by atomic mass is 10.0. The number of carbonyl (C=O) groups is 1. The van der Waals surface area contributed by atoms with Gasteiger partial charge in [-0.3, -0.25) is 4.79 Å². The molecule has 114 valence electrons. The lowest BCUT2D eigenvalue weighted by molar-refractivity contribution is 0.0730. The Morgan fingerprint density at radius 2 is 1.95 bits per heavy atom. The molecule has 0 aromatic heterocycles. The molecule has 0 aliphatic carbocycles. The highest BCUT2D eigenvalue weighted by Crippen LogP contribution is 2.24. The first-order valence-corrected chi connectivity index (χ1v) is 7.94. The number of aryl methyl sites for hydroxylation is 1. The van der Waals surface area contributed by atoms with Gasteiger partial charge in [-0.2, -0.15) is 0 Å². The van der Waals surface area contributed by atoms with E-state index in [0.29, 0.717) is 17.3 Å². The van der Waals surface area contributed by atoms with Crippen LogP contribution in [0.2, 0.25) is 0 Å². The molecule has 1 saturated heterocycles. The molecule has 0 saturated carbocycles. The minimum absolute atomic E-state index is 0.114. The second-order valence-corrected chi connectivity index (χ2v) is 5.94. The third-order valence-electron chi connectivity index (χ3n) is 4.38. The van der Waals surface area contributed by atoms with Crippen LogP contribution in [0, 0.1) is 0 Å². The molecule has 22 heavy (non-hydrogen) atoms. The average Bonchev–Trinajstić information content (AvgIpc) is 3.01. The van der Waals surface area contributed by atoms with Gasteiger partial charge in [0.05, 0.1) is 0 Å². The molecule has 2 aromatic carbocycles. The number of likely N-dealkylation sites (tertiary alicyclic amines) is 1. The number of amides is 1. The molecule has 3 rings (SSSR count). The van der Waals surface area contributed by atoms with Gasteiger partial charge in [0.1, 0.15) is 0 Å². The van der Waals surface area contributed by atoms with Crippen molar-refractivity contribution in [2.75, 3.05) is 12.3 Å². The summed E-state index contributed by atoms with van der Waals surface area (Å²) < 4.78 is 0. The maximum absolute atomic E-state index is 12.7. The molecule has 1 atom stereocenters. The summed E-state index contributed by atoms with van der Waals surface area (Å²) in [5.74, 6) is 0.114. The van der Waals surface area contributed by atoms with Crippen LogP contribution in [-0.2, 0) is 6.42 Å². The Morgan fingerprint density at radius 1 is 1.14 bits per heavy atom. The zero-order valence-electron chi connectivity index (χ0n) is 12.7. The van der Waals surface area contributed by atoms with Gasteiger partial charge in [0, 0.05) is 23.8 Å². The zero-order valence-corrected chi connectivity index (χ0v) is 12.7. The molecule has 1 fully saturated rings. The molecule has 1 aliphatic rings. The van der Waals surface area contributed by atoms with Crippen LogP contribution in [0.15, 0.2) is 54.6 Å². The summed E-state index contributed by atoms with van der Waals surface area (Å²) in [5, 5.41) is 0. The van der Waals surface area contributed by atoms with E-state index in [1.807, 2.05) is 29.2 Å². The minimum atomic E-state index is 0.114. The van der Waals surface area contributed by atoms with Crippen LogP contribution in [0.1, 0.15) is 35.2 Å². The predicted molar refractivity (Wildman–Crippen MR) is 89.7 cm³/mol. The quantitative estimate of drug-likeness (QED) is 0.877. The standard InChI is InChI=1S/C19H22N2O/c20-17-9-4-8-16(14-17)19(22)21-13-5-10-18(21)12-11-15-6-2-1-3-7-15/h1-4,6-9,14,18H,5,10-13,20H2/t18-/m0/s1. The number of hydrogen-bond acceptors (Lipinski definition) is 2. The summed E-state index contributed by atoms with van der Waals surface area (Å²) >= 11 is 0. The van der Waals surface area contributed by atoms with Gasteiger partial charge in [-0.25, -0.2) is 0 Å². The Balaban J connectivity index is 1.66. The predicted octanol–water partition coefficient (Wildman–Crippen LogP) is 3.51. The first-order valence-electron chi connectivity index (χ1n) is 7.94. The monoisotopic (exact) mass is 294 g/mol. The van der Waals surface area contributed by atoms with E-state index >= 15 is 0 Å². The van der Waals surface area contributed by atoms with Crippen molar-refractivity contribution >= 4 is 11.6 Å². The van der Waals surface area contributed by atoms with E-state index < -0.39 is 0 Å². The van der Waals surface area contributed by atoms with E-state index in [1.54, 1.807) is 6.07 Å². The van der Waals surface area contributed by atoms with Crippen molar-refractivity contribution in [1.82, 2.24) is 4.90 Å². The van der Waals surface area contributed by atoms with E-state index in [1.165, 1.54) is 5.56 Å². The maximum atomic E-state index is 12.7. The van der Waals surface area contributed by atoms with Crippen LogP contribution < -0.4 is 5.73 Å². The summed E-state index contributed by atoms with van der Waals surface area (Å²) in [6.45, 7) is 0.854. The number of nitrogens with zero attached hydrogens (tertiary/aromatic N) is 1. The van der Waals surface area contributed by atoms with Gasteiger partial charge in [-0.1, -0.05) is 36.4 Å². The fourth-order valence-corrected chi connectivity index (χ4v) is 3.22. The highest BCUT2D eigenvalue weighted by Gasteiger charge is 2.29. The normalized spacial score (nSPS) is 17.6. The number of nitrogens with two attached hydrogens (primary N) is 1. The van der Waals surface area contributed by atoms with Crippen molar-refractivity contribution in [2.24, 2.45) is 0 Å². The van der Waals surface area contributed by atoms with Crippen LogP contribution in [0.3, 0.4) is 0 Å². The van der Waals surface area contributed by atoms with Gasteiger partial charge >= 0.3 is 0 Å². The first-order chi connectivity index (χ1) is 10.7. The van der Waals surface area contributed by atoms with Gasteiger partial charge in [0.25, 0.3) is 5.91 Å². The summed E-state index contributed by atoms with van der Waals surface area (Å²) in [4.78, 5) is 14.7. The molecular weight excluding hydrogens is 272 g/mol. The molecule has 0 unspecified atom stereocenters. The lowest BCUT2D eigenvalue weighted by Gasteiger charge is -2.25. The van der Waals surface area contributed by atoms with Crippen molar-refractivity contribution in [3.05, 3.63) is 65.7 Å². The third-order valence-corrected chi connectivity index (χ3v) is 4.38. The summed E-state index contributed by atoms with van der Waals surface area (Å²) in [7, 11) is 0. The molecule has 2 aromatic rings. The number of benzene rings is 2. The SMILES string of the molecule is Nc1cccc(C(=O)N2CCC[C@H]2CCc2ccccc2)c1. The van der Waals surface area contributed by atoms with Gasteiger partial charge in [0.15, 0.2) is 0 Å². The Kier molecular flexibility index (Phi) is 4.42. The molecule has 0 radical (unpaired) electrons. The van der Waals surface area contributed by atoms with Crippen molar-refractivity contribution in [1.29, 1.82) is 0 Å². The number of hydrogen-bond donors (Lipinski definition) is 1. The van der Waals surface area contributed by atoms with Crippen LogP contribution in [-0.4, -0.2) is 23.4 Å². The highest BCUT2D eigenvalue weighted by molar-refractivity contribution is 5.95. The number of carbonyl (C=O) groups excluding carboxylic acids is 1. The highest BCUT2D eigenvalue weighted by atomic mass is 16.2. The van der Waals surface area contributed by atoms with Gasteiger partial charge in [0.2, 0.25) is 0 Å². The fraction of sp³-hybridized carbons (Fsp3) is 0.316. The van der Waals surface area contributed by atoms with Crippen molar-refractivity contribution in [2.45, 2.75) is 31.7 Å². The molecule has 1 amide bonds. The van der Waals surface area contributed by atoms with E-state index in [-0.39, 0.29) is 5.91 Å².